The van der Waals surface area contributed by atoms with Crippen LogP contribution in [0.2, 0.25) is 0 Å². The van der Waals surface area contributed by atoms with E-state index < -0.39 is 6.10 Å². The summed E-state index contributed by atoms with van der Waals surface area (Å²) in [5, 5.41) is 11.0. The highest BCUT2D eigenvalue weighted by Crippen LogP contribution is 2.35. The molecule has 0 radical (unpaired) electrons. The predicted molar refractivity (Wildman–Crippen MR) is 101 cm³/mol. The Bertz CT molecular complexity index is 634. The van der Waals surface area contributed by atoms with Gasteiger partial charge in [-0.3, -0.25) is 0 Å². The van der Waals surface area contributed by atoms with Gasteiger partial charge in [-0.25, -0.2) is 0 Å². The van der Waals surface area contributed by atoms with Gasteiger partial charge in [0.1, 0.15) is 11.5 Å². The highest BCUT2D eigenvalue weighted by atomic mass is 32.2. The van der Waals surface area contributed by atoms with Crippen molar-refractivity contribution in [2.24, 2.45) is 11.8 Å². The zero-order valence-corrected chi connectivity index (χ0v) is 15.6. The molecule has 1 aliphatic rings. The molecule has 134 valence electrons. The van der Waals surface area contributed by atoms with Gasteiger partial charge in [-0.05, 0) is 29.5 Å². The van der Waals surface area contributed by atoms with Crippen molar-refractivity contribution in [3.05, 3.63) is 66.2 Å². The molecule has 0 aliphatic carbocycles. The van der Waals surface area contributed by atoms with Gasteiger partial charge in [0, 0.05) is 4.90 Å². The molecule has 0 aromatic heterocycles. The minimum atomic E-state index is -0.672. The number of thioether (sulfide) groups is 1. The average Bonchev–Trinajstić information content (AvgIpc) is 2.74. The van der Waals surface area contributed by atoms with Gasteiger partial charge < -0.3 is 14.6 Å². The average molecular weight is 359 g/mol. The van der Waals surface area contributed by atoms with Crippen LogP contribution in [-0.4, -0.2) is 29.4 Å². The Morgan fingerprint density at radius 2 is 1.68 bits per heavy atom. The molecular formula is C21H26O3S. The molecule has 5 atom stereocenters. The zero-order chi connectivity index (χ0) is 17.6. The van der Waals surface area contributed by atoms with Crippen LogP contribution in [0.1, 0.15) is 19.4 Å². The molecule has 0 bridgehead atoms. The summed E-state index contributed by atoms with van der Waals surface area (Å²) in [6.07, 6.45) is -0.923. The van der Waals surface area contributed by atoms with Gasteiger partial charge in [0.05, 0.1) is 19.3 Å². The second-order valence-corrected chi connectivity index (χ2v) is 7.89. The minimum Gasteiger partial charge on any atom is -0.387 e. The van der Waals surface area contributed by atoms with E-state index in [1.807, 2.05) is 60.7 Å². The summed E-state index contributed by atoms with van der Waals surface area (Å²) in [5.74, 6) is 0.553. The summed E-state index contributed by atoms with van der Waals surface area (Å²) in [7, 11) is 0. The van der Waals surface area contributed by atoms with Crippen LogP contribution in [0.15, 0.2) is 65.6 Å². The summed E-state index contributed by atoms with van der Waals surface area (Å²) in [4.78, 5) is 1.09. The van der Waals surface area contributed by atoms with Crippen LogP contribution in [0.3, 0.4) is 0 Å². The number of hydrogen-bond donors (Lipinski definition) is 1. The van der Waals surface area contributed by atoms with E-state index in [4.69, 9.17) is 9.47 Å². The normalized spacial score (nSPS) is 30.0. The van der Waals surface area contributed by atoms with Crippen molar-refractivity contribution in [1.29, 1.82) is 0 Å². The topological polar surface area (TPSA) is 38.7 Å². The molecule has 1 heterocycles. The van der Waals surface area contributed by atoms with Crippen LogP contribution in [0.5, 0.6) is 0 Å². The van der Waals surface area contributed by atoms with E-state index in [0.29, 0.717) is 19.1 Å². The van der Waals surface area contributed by atoms with E-state index in [1.165, 1.54) is 0 Å². The second-order valence-electron chi connectivity index (χ2n) is 6.72. The van der Waals surface area contributed by atoms with Crippen LogP contribution in [-0.2, 0) is 16.1 Å². The molecule has 1 fully saturated rings. The van der Waals surface area contributed by atoms with Gasteiger partial charge in [-0.1, -0.05) is 74.1 Å². The molecular weight excluding hydrogens is 332 g/mol. The van der Waals surface area contributed by atoms with Crippen molar-refractivity contribution in [2.45, 2.75) is 43.0 Å². The molecule has 2 aromatic carbocycles. The van der Waals surface area contributed by atoms with Gasteiger partial charge in [-0.15, -0.1) is 0 Å². The molecule has 1 N–H and O–H groups in total. The summed E-state index contributed by atoms with van der Waals surface area (Å²) in [6, 6.07) is 20.2. The maximum absolute atomic E-state index is 11.0. The summed E-state index contributed by atoms with van der Waals surface area (Å²) >= 11 is 1.56. The van der Waals surface area contributed by atoms with Crippen LogP contribution in [0, 0.1) is 11.8 Å². The van der Waals surface area contributed by atoms with Crippen molar-refractivity contribution >= 4 is 11.8 Å². The van der Waals surface area contributed by atoms with E-state index >= 15 is 0 Å². The Morgan fingerprint density at radius 1 is 1.04 bits per heavy atom. The third kappa shape index (κ3) is 4.85. The first-order valence-electron chi connectivity index (χ1n) is 8.82. The van der Waals surface area contributed by atoms with Crippen LogP contribution in [0.25, 0.3) is 0 Å². The molecule has 2 aromatic rings. The Balaban J connectivity index is 1.71. The molecule has 1 saturated heterocycles. The molecule has 1 aliphatic heterocycles. The lowest BCUT2D eigenvalue weighted by atomic mass is 9.89. The van der Waals surface area contributed by atoms with E-state index in [1.54, 1.807) is 11.8 Å². The van der Waals surface area contributed by atoms with E-state index in [9.17, 15) is 5.11 Å². The molecule has 4 heteroatoms. The fraction of sp³-hybridized carbons (Fsp3) is 0.429. The number of benzene rings is 2. The standard InChI is InChI=1S/C21H26O3S/c1-15-13-24-21(25-18-11-7-4-8-12-18)19(22)20(16(15)2)23-14-17-9-5-3-6-10-17/h3-12,15-16,19-22H,13-14H2,1-2H3/t15-,16-,19+,20+,21-/m1/s1. The van der Waals surface area contributed by atoms with Gasteiger partial charge >= 0.3 is 0 Å². The summed E-state index contributed by atoms with van der Waals surface area (Å²) < 4.78 is 12.2. The Hall–Kier alpha value is -1.33. The lowest BCUT2D eigenvalue weighted by molar-refractivity contribution is -0.0898. The predicted octanol–water partition coefficient (Wildman–Crippen LogP) is 4.35. The fourth-order valence-electron chi connectivity index (χ4n) is 3.04. The molecule has 3 rings (SSSR count). The maximum Gasteiger partial charge on any atom is 0.136 e. The second kappa shape index (κ2) is 8.86. The van der Waals surface area contributed by atoms with Gasteiger partial charge in [0.15, 0.2) is 0 Å². The molecule has 0 amide bonds. The quantitative estimate of drug-likeness (QED) is 0.862. The third-order valence-corrected chi connectivity index (χ3v) is 6.03. The number of aliphatic hydroxyl groups is 1. The molecule has 0 spiro atoms. The lowest BCUT2D eigenvalue weighted by Crippen LogP contribution is -2.41. The van der Waals surface area contributed by atoms with Crippen molar-refractivity contribution in [2.75, 3.05) is 6.61 Å². The molecule has 25 heavy (non-hydrogen) atoms. The van der Waals surface area contributed by atoms with Crippen molar-refractivity contribution in [1.82, 2.24) is 0 Å². The highest BCUT2D eigenvalue weighted by molar-refractivity contribution is 7.99. The van der Waals surface area contributed by atoms with E-state index in [-0.39, 0.29) is 17.5 Å². The number of hydrogen-bond acceptors (Lipinski definition) is 4. The van der Waals surface area contributed by atoms with Crippen LogP contribution in [0.4, 0.5) is 0 Å². The number of ether oxygens (including phenoxy) is 2. The Labute approximate surface area is 154 Å². The van der Waals surface area contributed by atoms with Gasteiger partial charge in [0.2, 0.25) is 0 Å². The molecule has 0 unspecified atom stereocenters. The first kappa shape index (κ1) is 18.5. The summed E-state index contributed by atoms with van der Waals surface area (Å²) in [6.45, 7) is 5.44. The first-order valence-corrected chi connectivity index (χ1v) is 9.70. The van der Waals surface area contributed by atoms with E-state index in [2.05, 4.69) is 13.8 Å². The summed E-state index contributed by atoms with van der Waals surface area (Å²) in [5.41, 5.74) is 0.794. The minimum absolute atomic E-state index is 0.222. The molecule has 0 saturated carbocycles. The first-order chi connectivity index (χ1) is 12.1. The number of rotatable bonds is 5. The van der Waals surface area contributed by atoms with Crippen molar-refractivity contribution < 1.29 is 14.6 Å². The largest absolute Gasteiger partial charge is 0.387 e. The van der Waals surface area contributed by atoms with Gasteiger partial charge in [-0.2, -0.15) is 0 Å². The number of aliphatic hydroxyl groups excluding tert-OH is 1. The van der Waals surface area contributed by atoms with Crippen molar-refractivity contribution in [3.8, 4) is 0 Å². The van der Waals surface area contributed by atoms with Crippen LogP contribution < -0.4 is 0 Å². The van der Waals surface area contributed by atoms with Crippen LogP contribution >= 0.6 is 11.8 Å². The Kier molecular flexibility index (Phi) is 6.54. The third-order valence-electron chi connectivity index (χ3n) is 4.84. The highest BCUT2D eigenvalue weighted by Gasteiger charge is 2.39. The molecule has 3 nitrogen and oxygen atoms in total. The monoisotopic (exact) mass is 358 g/mol. The van der Waals surface area contributed by atoms with Gasteiger partial charge in [0.25, 0.3) is 0 Å². The smallest absolute Gasteiger partial charge is 0.136 e. The maximum atomic E-state index is 11.0. The lowest BCUT2D eigenvalue weighted by Gasteiger charge is -2.30. The SMILES string of the molecule is C[C@H]1[C@H](OCc2ccccc2)[C@H](O)[C@@H](Sc2ccccc2)OC[C@H]1C. The van der Waals surface area contributed by atoms with Crippen molar-refractivity contribution in [3.63, 3.8) is 0 Å². The fourth-order valence-corrected chi connectivity index (χ4v) is 4.06. The Morgan fingerprint density at radius 3 is 2.36 bits per heavy atom. The van der Waals surface area contributed by atoms with E-state index in [0.717, 1.165) is 10.5 Å². The zero-order valence-electron chi connectivity index (χ0n) is 14.7.